The van der Waals surface area contributed by atoms with Crippen molar-refractivity contribution in [1.29, 1.82) is 0 Å². The molecular formula is C17H20N2OS. The number of aromatic nitrogens is 1. The Morgan fingerprint density at radius 1 is 1.24 bits per heavy atom. The van der Waals surface area contributed by atoms with Crippen molar-refractivity contribution in [2.24, 2.45) is 0 Å². The van der Waals surface area contributed by atoms with E-state index in [-0.39, 0.29) is 6.61 Å². The Balaban J connectivity index is 1.89. The highest BCUT2D eigenvalue weighted by molar-refractivity contribution is 7.09. The molecule has 3 nitrogen and oxygen atoms in total. The smallest absolute Gasteiger partial charge is 0.0897 e. The SMILES string of the molecule is Cc1nc(CN(C)Cc2ccc(C#CCCO)cc2)cs1. The van der Waals surface area contributed by atoms with Gasteiger partial charge in [-0.15, -0.1) is 11.3 Å². The maximum absolute atomic E-state index is 8.70. The van der Waals surface area contributed by atoms with Gasteiger partial charge in [0.05, 0.1) is 17.3 Å². The summed E-state index contributed by atoms with van der Waals surface area (Å²) in [5.41, 5.74) is 3.38. The van der Waals surface area contributed by atoms with Crippen LogP contribution in [-0.4, -0.2) is 28.6 Å². The Morgan fingerprint density at radius 3 is 2.62 bits per heavy atom. The van der Waals surface area contributed by atoms with Gasteiger partial charge in [0.2, 0.25) is 0 Å². The van der Waals surface area contributed by atoms with Crippen LogP contribution >= 0.6 is 11.3 Å². The van der Waals surface area contributed by atoms with Gasteiger partial charge in [0.1, 0.15) is 0 Å². The van der Waals surface area contributed by atoms with Gasteiger partial charge in [-0.3, -0.25) is 4.90 Å². The third-order valence-electron chi connectivity index (χ3n) is 2.97. The number of aliphatic hydroxyl groups is 1. The first-order valence-electron chi connectivity index (χ1n) is 6.95. The van der Waals surface area contributed by atoms with Gasteiger partial charge in [-0.1, -0.05) is 24.0 Å². The molecule has 0 radical (unpaired) electrons. The Morgan fingerprint density at radius 2 is 2.00 bits per heavy atom. The minimum atomic E-state index is 0.117. The van der Waals surface area contributed by atoms with Crippen LogP contribution in [-0.2, 0) is 13.1 Å². The Bertz CT molecular complexity index is 622. The molecule has 21 heavy (non-hydrogen) atoms. The standard InChI is InChI=1S/C17H20N2OS/c1-14-18-17(13-21-14)12-19(2)11-16-8-6-15(7-9-16)5-3-4-10-20/h6-9,13,20H,4,10-12H2,1-2H3. The maximum atomic E-state index is 8.70. The molecule has 110 valence electrons. The van der Waals surface area contributed by atoms with Crippen LogP contribution < -0.4 is 0 Å². The van der Waals surface area contributed by atoms with Crippen LogP contribution in [0, 0.1) is 18.8 Å². The monoisotopic (exact) mass is 300 g/mol. The number of aryl methyl sites for hydroxylation is 1. The van der Waals surface area contributed by atoms with Crippen molar-refractivity contribution in [2.75, 3.05) is 13.7 Å². The average Bonchev–Trinajstić information content (AvgIpc) is 2.86. The Kier molecular flexibility index (Phi) is 5.94. The second-order valence-electron chi connectivity index (χ2n) is 5.00. The van der Waals surface area contributed by atoms with Crippen molar-refractivity contribution in [1.82, 2.24) is 9.88 Å². The van der Waals surface area contributed by atoms with Gasteiger partial charge >= 0.3 is 0 Å². The van der Waals surface area contributed by atoms with Crippen molar-refractivity contribution in [3.63, 3.8) is 0 Å². The van der Waals surface area contributed by atoms with E-state index in [9.17, 15) is 0 Å². The molecule has 0 aliphatic carbocycles. The van der Waals surface area contributed by atoms with Crippen LogP contribution in [0.15, 0.2) is 29.6 Å². The summed E-state index contributed by atoms with van der Waals surface area (Å²) in [6.45, 7) is 3.90. The Labute approximate surface area is 130 Å². The molecule has 0 fully saturated rings. The van der Waals surface area contributed by atoms with Crippen molar-refractivity contribution in [3.05, 3.63) is 51.5 Å². The van der Waals surface area contributed by atoms with E-state index in [1.165, 1.54) is 5.56 Å². The molecule has 0 saturated carbocycles. The van der Waals surface area contributed by atoms with Crippen LogP contribution in [0.4, 0.5) is 0 Å². The molecule has 0 aliphatic rings. The third kappa shape index (κ3) is 5.31. The summed E-state index contributed by atoms with van der Waals surface area (Å²) in [6.07, 6.45) is 0.525. The van der Waals surface area contributed by atoms with Gasteiger partial charge in [-0.25, -0.2) is 4.98 Å². The summed E-state index contributed by atoms with van der Waals surface area (Å²) in [5, 5.41) is 11.9. The molecule has 1 aromatic heterocycles. The van der Waals surface area contributed by atoms with Gasteiger partial charge in [0.25, 0.3) is 0 Å². The Hall–Kier alpha value is -1.67. The fourth-order valence-electron chi connectivity index (χ4n) is 2.04. The highest BCUT2D eigenvalue weighted by atomic mass is 32.1. The summed E-state index contributed by atoms with van der Waals surface area (Å²) in [6, 6.07) is 8.26. The van der Waals surface area contributed by atoms with Crippen LogP contribution in [0.5, 0.6) is 0 Å². The molecular weight excluding hydrogens is 280 g/mol. The van der Waals surface area contributed by atoms with E-state index in [1.54, 1.807) is 11.3 Å². The molecule has 0 spiro atoms. The second kappa shape index (κ2) is 7.94. The van der Waals surface area contributed by atoms with Crippen molar-refractivity contribution < 1.29 is 5.11 Å². The second-order valence-corrected chi connectivity index (χ2v) is 6.06. The summed E-state index contributed by atoms with van der Waals surface area (Å²) in [7, 11) is 2.10. The first kappa shape index (κ1) is 15.7. The van der Waals surface area contributed by atoms with Crippen LogP contribution in [0.3, 0.4) is 0 Å². The van der Waals surface area contributed by atoms with E-state index in [4.69, 9.17) is 5.11 Å². The number of hydrogen-bond donors (Lipinski definition) is 1. The molecule has 0 bridgehead atoms. The highest BCUT2D eigenvalue weighted by Crippen LogP contribution is 2.12. The fraction of sp³-hybridized carbons (Fsp3) is 0.353. The molecule has 0 unspecified atom stereocenters. The lowest BCUT2D eigenvalue weighted by Crippen LogP contribution is -2.17. The molecule has 2 rings (SSSR count). The van der Waals surface area contributed by atoms with Crippen molar-refractivity contribution in [3.8, 4) is 11.8 Å². The molecule has 0 aliphatic heterocycles. The van der Waals surface area contributed by atoms with E-state index in [1.807, 2.05) is 19.1 Å². The zero-order valence-electron chi connectivity index (χ0n) is 12.5. The molecule has 4 heteroatoms. The number of hydrogen-bond acceptors (Lipinski definition) is 4. The topological polar surface area (TPSA) is 36.4 Å². The van der Waals surface area contributed by atoms with Gasteiger partial charge in [0, 0.05) is 30.5 Å². The molecule has 0 amide bonds. The van der Waals surface area contributed by atoms with Crippen LogP contribution in [0.1, 0.15) is 28.2 Å². The molecule has 2 aromatic rings. The van der Waals surface area contributed by atoms with E-state index >= 15 is 0 Å². The highest BCUT2D eigenvalue weighted by Gasteiger charge is 2.04. The summed E-state index contributed by atoms with van der Waals surface area (Å²) < 4.78 is 0. The van der Waals surface area contributed by atoms with Gasteiger partial charge < -0.3 is 5.11 Å². The number of aliphatic hydroxyl groups excluding tert-OH is 1. The van der Waals surface area contributed by atoms with Gasteiger partial charge in [-0.05, 0) is 31.7 Å². The first-order valence-corrected chi connectivity index (χ1v) is 7.83. The number of benzene rings is 1. The number of nitrogens with zero attached hydrogens (tertiary/aromatic N) is 2. The predicted molar refractivity (Wildman–Crippen MR) is 87.0 cm³/mol. The van der Waals surface area contributed by atoms with E-state index in [2.05, 4.69) is 46.3 Å². The molecule has 1 N–H and O–H groups in total. The maximum Gasteiger partial charge on any atom is 0.0897 e. The molecule has 1 aromatic carbocycles. The van der Waals surface area contributed by atoms with E-state index in [0.717, 1.165) is 29.4 Å². The minimum Gasteiger partial charge on any atom is -0.395 e. The minimum absolute atomic E-state index is 0.117. The zero-order valence-corrected chi connectivity index (χ0v) is 13.3. The van der Waals surface area contributed by atoms with Crippen molar-refractivity contribution >= 4 is 11.3 Å². The lowest BCUT2D eigenvalue weighted by molar-refractivity contribution is 0.305. The van der Waals surface area contributed by atoms with E-state index < -0.39 is 0 Å². The van der Waals surface area contributed by atoms with Crippen LogP contribution in [0.2, 0.25) is 0 Å². The molecule has 0 atom stereocenters. The number of thiazole rings is 1. The summed E-state index contributed by atoms with van der Waals surface area (Å²) in [5.74, 6) is 5.97. The number of rotatable bonds is 5. The largest absolute Gasteiger partial charge is 0.395 e. The fourth-order valence-corrected chi connectivity index (χ4v) is 2.64. The van der Waals surface area contributed by atoms with Crippen LogP contribution in [0.25, 0.3) is 0 Å². The summed E-state index contributed by atoms with van der Waals surface area (Å²) >= 11 is 1.69. The zero-order chi connectivity index (χ0) is 15.1. The molecule has 1 heterocycles. The van der Waals surface area contributed by atoms with Crippen molar-refractivity contribution in [2.45, 2.75) is 26.4 Å². The van der Waals surface area contributed by atoms with Gasteiger partial charge in [-0.2, -0.15) is 0 Å². The lowest BCUT2D eigenvalue weighted by atomic mass is 10.1. The summed E-state index contributed by atoms with van der Waals surface area (Å²) in [4.78, 5) is 6.74. The predicted octanol–water partition coefficient (Wildman–Crippen LogP) is 2.82. The normalized spacial score (nSPS) is 10.5. The molecule has 0 saturated heterocycles. The first-order chi connectivity index (χ1) is 10.2. The quantitative estimate of drug-likeness (QED) is 0.863. The lowest BCUT2D eigenvalue weighted by Gasteiger charge is -2.15. The van der Waals surface area contributed by atoms with E-state index in [0.29, 0.717) is 6.42 Å². The van der Waals surface area contributed by atoms with Gasteiger partial charge in [0.15, 0.2) is 0 Å². The third-order valence-corrected chi connectivity index (χ3v) is 3.80. The average molecular weight is 300 g/mol.